The van der Waals surface area contributed by atoms with Crippen molar-refractivity contribution in [1.29, 1.82) is 0 Å². The van der Waals surface area contributed by atoms with Crippen molar-refractivity contribution in [1.82, 2.24) is 19.4 Å². The molecule has 244 valence electrons. The van der Waals surface area contributed by atoms with Gasteiger partial charge in [0, 0.05) is 24.3 Å². The fourth-order valence-corrected chi connectivity index (χ4v) is 10.9. The van der Waals surface area contributed by atoms with Gasteiger partial charge in [-0.15, -0.1) is 0 Å². The van der Waals surface area contributed by atoms with Crippen LogP contribution in [0.2, 0.25) is 19.1 Å². The third kappa shape index (κ3) is 5.42. The molecule has 2 fully saturated rings. The number of amidine groups is 1. The van der Waals surface area contributed by atoms with E-state index >= 15 is 0 Å². The predicted molar refractivity (Wildman–Crippen MR) is 170 cm³/mol. The van der Waals surface area contributed by atoms with E-state index in [1.165, 1.54) is 23.0 Å². The predicted octanol–water partition coefficient (Wildman–Crippen LogP) is 4.95. The minimum Gasteiger partial charge on any atom is -0.481 e. The van der Waals surface area contributed by atoms with Gasteiger partial charge < -0.3 is 19.0 Å². The molecule has 9 nitrogen and oxygen atoms in total. The number of nitrogens with zero attached hydrogens (tertiary/aromatic N) is 5. The number of morpholine rings is 1. The number of halogens is 3. The summed E-state index contributed by atoms with van der Waals surface area (Å²) in [4.78, 5) is 16.0. The van der Waals surface area contributed by atoms with E-state index in [1.54, 1.807) is 0 Å². The summed E-state index contributed by atoms with van der Waals surface area (Å²) in [6.07, 6.45) is 6.22. The van der Waals surface area contributed by atoms with Crippen LogP contribution in [-0.2, 0) is 37.5 Å². The van der Waals surface area contributed by atoms with Crippen molar-refractivity contribution in [3.8, 4) is 5.69 Å². The molecule has 1 spiro atoms. The van der Waals surface area contributed by atoms with Crippen molar-refractivity contribution >= 4 is 35.0 Å². The molecule has 0 amide bonds. The van der Waals surface area contributed by atoms with Crippen LogP contribution in [0, 0.1) is 6.92 Å². The highest BCUT2D eigenvalue weighted by atomic mass is 32.2. The largest absolute Gasteiger partial charge is 0.481 e. The number of pyridine rings is 1. The fourth-order valence-electron chi connectivity index (χ4n) is 7.09. The minimum atomic E-state index is -4.61. The van der Waals surface area contributed by atoms with Crippen molar-refractivity contribution < 1.29 is 31.2 Å². The van der Waals surface area contributed by atoms with Crippen LogP contribution < -0.4 is 5.19 Å². The Kier molecular flexibility index (Phi) is 7.02. The second-order valence-corrected chi connectivity index (χ2v) is 20.8. The zero-order chi connectivity index (χ0) is 32.7. The van der Waals surface area contributed by atoms with E-state index in [2.05, 4.69) is 44.9 Å². The third-order valence-electron chi connectivity index (χ3n) is 9.79. The molecule has 1 saturated heterocycles. The molecule has 7 rings (SSSR count). The maximum Gasteiger partial charge on any atom is 0.433 e. The first-order chi connectivity index (χ1) is 21.6. The van der Waals surface area contributed by atoms with Gasteiger partial charge >= 0.3 is 6.18 Å². The molecule has 1 aromatic carbocycles. The highest BCUT2D eigenvalue weighted by molar-refractivity contribution is 7.90. The van der Waals surface area contributed by atoms with Gasteiger partial charge in [-0.3, -0.25) is 4.98 Å². The molecule has 1 saturated carbocycles. The lowest BCUT2D eigenvalue weighted by Crippen LogP contribution is -2.61. The standard InChI is InChI=1S/C32H36F3N5O4SSi/c1-21-17-39(20-37-21)25-7-5-22(24-9-14-46(3,4)28(24)25)15-26-29-38-43-19-31(12-13-45(2,41)42,40(29)18-30(44-26)10-11-30)23-6-8-27(36-16-23)32(33,34)35/h5-8,15-17,20H,9-14,18-19H2,1-4H3. The molecule has 1 aliphatic carbocycles. The fraction of sp³-hybridized carbons (Fsp3) is 0.469. The van der Waals surface area contributed by atoms with Crippen molar-refractivity contribution in [2.45, 2.75) is 69.1 Å². The van der Waals surface area contributed by atoms with Crippen molar-refractivity contribution in [3.63, 3.8) is 0 Å². The second kappa shape index (κ2) is 10.4. The second-order valence-electron chi connectivity index (χ2n) is 13.7. The summed E-state index contributed by atoms with van der Waals surface area (Å²) in [6.45, 7) is 7.09. The Hall–Kier alpha value is -3.65. The number of hydrogen-bond donors (Lipinski definition) is 0. The molecule has 2 aromatic heterocycles. The molecule has 1 unspecified atom stereocenters. The Labute approximate surface area is 267 Å². The van der Waals surface area contributed by atoms with Crippen LogP contribution >= 0.6 is 0 Å². The molecule has 3 aromatic rings. The van der Waals surface area contributed by atoms with E-state index < -0.39 is 40.9 Å². The van der Waals surface area contributed by atoms with Gasteiger partial charge in [-0.2, -0.15) is 13.2 Å². The topological polar surface area (TPSA) is 98.9 Å². The number of oxime groups is 1. The smallest absolute Gasteiger partial charge is 0.433 e. The average Bonchev–Trinajstić information content (AvgIpc) is 3.43. The Morgan fingerprint density at radius 2 is 1.91 bits per heavy atom. The summed E-state index contributed by atoms with van der Waals surface area (Å²) in [7, 11) is -5.20. The zero-order valence-corrected chi connectivity index (χ0v) is 28.0. The van der Waals surface area contributed by atoms with E-state index in [9.17, 15) is 21.6 Å². The first kappa shape index (κ1) is 31.0. The summed E-state index contributed by atoms with van der Waals surface area (Å²) in [6, 6.07) is 7.64. The van der Waals surface area contributed by atoms with Crippen molar-refractivity contribution in [3.05, 3.63) is 76.8 Å². The molecule has 0 N–H and O–H groups in total. The van der Waals surface area contributed by atoms with Gasteiger partial charge in [0.1, 0.15) is 33.3 Å². The monoisotopic (exact) mass is 671 g/mol. The van der Waals surface area contributed by atoms with Gasteiger partial charge in [0.2, 0.25) is 5.84 Å². The number of alkyl halides is 3. The van der Waals surface area contributed by atoms with Crippen molar-refractivity contribution in [2.75, 3.05) is 25.2 Å². The molecule has 14 heteroatoms. The molecule has 5 heterocycles. The van der Waals surface area contributed by atoms with Crippen LogP contribution in [0.1, 0.15) is 47.3 Å². The van der Waals surface area contributed by atoms with Gasteiger partial charge in [-0.25, -0.2) is 13.4 Å². The van der Waals surface area contributed by atoms with E-state index in [-0.39, 0.29) is 18.8 Å². The Bertz CT molecular complexity index is 1880. The number of rotatable bonds is 6. The number of hydrogen-bond acceptors (Lipinski definition) is 8. The number of imidazole rings is 1. The van der Waals surface area contributed by atoms with Crippen LogP contribution in [-0.4, -0.2) is 72.5 Å². The maximum absolute atomic E-state index is 13.4. The van der Waals surface area contributed by atoms with Gasteiger partial charge in [-0.05, 0) is 78.7 Å². The summed E-state index contributed by atoms with van der Waals surface area (Å²) in [5.41, 5.74) is 2.15. The SMILES string of the molecule is Cc1cn(-c2ccc(C=C3OC4(CC4)CN4C3=NOCC4(CCS(C)(=O)=O)c3ccc(C(F)(F)F)nc3)c3c2[Si](C)(C)CC3)cn1. The van der Waals surface area contributed by atoms with Crippen LogP contribution in [0.4, 0.5) is 13.2 Å². The first-order valence-corrected chi connectivity index (χ1v) is 20.6. The number of sulfone groups is 1. The Balaban J connectivity index is 1.34. The van der Waals surface area contributed by atoms with Gasteiger partial charge in [0.15, 0.2) is 5.76 Å². The minimum absolute atomic E-state index is 0.0450. The summed E-state index contributed by atoms with van der Waals surface area (Å²) in [5, 5.41) is 5.81. The van der Waals surface area contributed by atoms with Crippen LogP contribution in [0.25, 0.3) is 11.8 Å². The molecular formula is C32H36F3N5O4SSi. The maximum atomic E-state index is 13.4. The number of fused-ring (bicyclic) bond motifs is 2. The molecule has 4 aliphatic rings. The highest BCUT2D eigenvalue weighted by Crippen LogP contribution is 2.50. The number of ether oxygens (including phenoxy) is 1. The number of aryl methyl sites for hydroxylation is 1. The van der Waals surface area contributed by atoms with E-state index in [1.807, 2.05) is 30.4 Å². The lowest BCUT2D eigenvalue weighted by molar-refractivity contribution is -0.141. The van der Waals surface area contributed by atoms with E-state index in [0.29, 0.717) is 23.7 Å². The van der Waals surface area contributed by atoms with E-state index in [0.717, 1.165) is 54.6 Å². The van der Waals surface area contributed by atoms with Gasteiger partial charge in [-0.1, -0.05) is 30.4 Å². The molecular weight excluding hydrogens is 636 g/mol. The lowest BCUT2D eigenvalue weighted by Gasteiger charge is -2.51. The van der Waals surface area contributed by atoms with E-state index in [4.69, 9.17) is 9.57 Å². The van der Waals surface area contributed by atoms with Crippen molar-refractivity contribution in [2.24, 2.45) is 5.16 Å². The van der Waals surface area contributed by atoms with Crippen LogP contribution in [0.15, 0.2) is 53.9 Å². The zero-order valence-electron chi connectivity index (χ0n) is 26.2. The first-order valence-electron chi connectivity index (χ1n) is 15.4. The Morgan fingerprint density at radius 1 is 1.13 bits per heavy atom. The number of benzene rings is 1. The third-order valence-corrected chi connectivity index (χ3v) is 14.1. The summed E-state index contributed by atoms with van der Waals surface area (Å²) < 4.78 is 73.9. The summed E-state index contributed by atoms with van der Waals surface area (Å²) in [5.74, 6) is 0.706. The molecule has 0 radical (unpaired) electrons. The van der Waals surface area contributed by atoms with Crippen LogP contribution in [0.5, 0.6) is 0 Å². The quantitative estimate of drug-likeness (QED) is 0.343. The summed E-state index contributed by atoms with van der Waals surface area (Å²) >= 11 is 0. The normalized spacial score (nSPS) is 23.8. The average molecular weight is 672 g/mol. The van der Waals surface area contributed by atoms with Gasteiger partial charge in [0.25, 0.3) is 0 Å². The molecule has 0 bridgehead atoms. The number of aromatic nitrogens is 3. The molecule has 46 heavy (non-hydrogen) atoms. The van der Waals surface area contributed by atoms with Gasteiger partial charge in [0.05, 0.1) is 32.4 Å². The highest BCUT2D eigenvalue weighted by Gasteiger charge is 2.58. The molecule has 1 atom stereocenters. The Morgan fingerprint density at radius 3 is 2.54 bits per heavy atom. The molecule has 3 aliphatic heterocycles. The lowest BCUT2D eigenvalue weighted by atomic mass is 9.85. The van der Waals surface area contributed by atoms with Crippen LogP contribution in [0.3, 0.4) is 0 Å².